The SMILES string of the molecule is C=Cc1cc[c]([Sb]([c]2ccccc2)[c]2ccccc2)cc1. The third kappa shape index (κ3) is 3.28. The van der Waals surface area contributed by atoms with Crippen LogP contribution in [0.15, 0.2) is 91.5 Å². The van der Waals surface area contributed by atoms with Gasteiger partial charge in [0, 0.05) is 0 Å². The van der Waals surface area contributed by atoms with E-state index in [0.29, 0.717) is 0 Å². The van der Waals surface area contributed by atoms with Crippen molar-refractivity contribution in [2.45, 2.75) is 0 Å². The third-order valence-electron chi connectivity index (χ3n) is 3.42. The molecule has 0 saturated heterocycles. The Balaban J connectivity index is 2.09. The first-order valence-corrected chi connectivity index (χ1v) is 10.8. The van der Waals surface area contributed by atoms with E-state index in [4.69, 9.17) is 0 Å². The molecule has 0 N–H and O–H groups in total. The molecule has 0 nitrogen and oxygen atoms in total. The Morgan fingerprint density at radius 3 is 1.43 bits per heavy atom. The van der Waals surface area contributed by atoms with Crippen molar-refractivity contribution in [3.63, 3.8) is 0 Å². The van der Waals surface area contributed by atoms with Crippen LogP contribution in [0.2, 0.25) is 0 Å². The van der Waals surface area contributed by atoms with Crippen LogP contribution in [0.4, 0.5) is 0 Å². The number of rotatable bonds is 4. The van der Waals surface area contributed by atoms with Crippen LogP contribution >= 0.6 is 0 Å². The van der Waals surface area contributed by atoms with Crippen molar-refractivity contribution < 1.29 is 0 Å². The minimum atomic E-state index is -1.90. The Hall–Kier alpha value is -1.78. The van der Waals surface area contributed by atoms with E-state index in [1.807, 2.05) is 6.08 Å². The second-order valence-corrected chi connectivity index (χ2v) is 11.1. The topological polar surface area (TPSA) is 0 Å². The quantitative estimate of drug-likeness (QED) is 0.612. The predicted molar refractivity (Wildman–Crippen MR) is 94.1 cm³/mol. The van der Waals surface area contributed by atoms with Crippen molar-refractivity contribution in [3.05, 3.63) is 97.1 Å². The van der Waals surface area contributed by atoms with Crippen LogP contribution in [-0.2, 0) is 0 Å². The van der Waals surface area contributed by atoms with E-state index < -0.39 is 20.2 Å². The first-order chi connectivity index (χ1) is 10.4. The van der Waals surface area contributed by atoms with Gasteiger partial charge in [0.15, 0.2) is 0 Å². The summed E-state index contributed by atoms with van der Waals surface area (Å²) < 4.78 is 4.48. The van der Waals surface area contributed by atoms with Crippen molar-refractivity contribution in [1.82, 2.24) is 0 Å². The third-order valence-corrected chi connectivity index (χ3v) is 10.4. The molecule has 102 valence electrons. The Morgan fingerprint density at radius 2 is 1.00 bits per heavy atom. The Labute approximate surface area is 133 Å². The maximum atomic E-state index is 3.84. The summed E-state index contributed by atoms with van der Waals surface area (Å²) in [7, 11) is 0. The molecule has 0 atom stereocenters. The minimum absolute atomic E-state index is 1.18. The van der Waals surface area contributed by atoms with Crippen LogP contribution in [0.5, 0.6) is 0 Å². The summed E-state index contributed by atoms with van der Waals surface area (Å²) in [6, 6.07) is 30.8. The molecule has 0 radical (unpaired) electrons. The molecule has 3 aromatic rings. The first-order valence-electron chi connectivity index (χ1n) is 7.01. The van der Waals surface area contributed by atoms with Gasteiger partial charge >= 0.3 is 134 Å². The molecule has 0 saturated carbocycles. The Kier molecular flexibility index (Phi) is 4.58. The zero-order valence-electron chi connectivity index (χ0n) is 11.8. The molecule has 3 aromatic carbocycles. The normalized spacial score (nSPS) is 10.5. The molecular formula is C20H17Sb. The van der Waals surface area contributed by atoms with Gasteiger partial charge in [0.1, 0.15) is 0 Å². The summed E-state index contributed by atoms with van der Waals surface area (Å²) in [5, 5.41) is 0. The number of hydrogen-bond donors (Lipinski definition) is 0. The molecule has 0 fully saturated rings. The van der Waals surface area contributed by atoms with Crippen LogP contribution < -0.4 is 10.5 Å². The van der Waals surface area contributed by atoms with E-state index >= 15 is 0 Å². The maximum absolute atomic E-state index is 3.84. The van der Waals surface area contributed by atoms with E-state index in [-0.39, 0.29) is 0 Å². The van der Waals surface area contributed by atoms with Crippen LogP contribution in [0, 0.1) is 0 Å². The van der Waals surface area contributed by atoms with Crippen LogP contribution in [0.3, 0.4) is 0 Å². The van der Waals surface area contributed by atoms with E-state index in [2.05, 4.69) is 91.5 Å². The molecule has 1 heteroatoms. The molecule has 0 aliphatic carbocycles. The van der Waals surface area contributed by atoms with Crippen LogP contribution in [0.25, 0.3) is 6.08 Å². The second kappa shape index (κ2) is 6.78. The molecule has 0 amide bonds. The average molecular weight is 379 g/mol. The van der Waals surface area contributed by atoms with Gasteiger partial charge in [-0.1, -0.05) is 0 Å². The molecular weight excluding hydrogens is 362 g/mol. The fourth-order valence-electron chi connectivity index (χ4n) is 2.36. The molecule has 0 bridgehead atoms. The van der Waals surface area contributed by atoms with Crippen LogP contribution in [0.1, 0.15) is 5.56 Å². The van der Waals surface area contributed by atoms with E-state index in [9.17, 15) is 0 Å². The summed E-state index contributed by atoms with van der Waals surface area (Å²) in [6.07, 6.45) is 1.90. The van der Waals surface area contributed by atoms with E-state index in [0.717, 1.165) is 0 Å². The molecule has 0 aliphatic rings. The number of hydrogen-bond acceptors (Lipinski definition) is 0. The zero-order valence-corrected chi connectivity index (χ0v) is 14.4. The summed E-state index contributed by atoms with van der Waals surface area (Å²) in [5.74, 6) is 0. The van der Waals surface area contributed by atoms with Crippen molar-refractivity contribution in [2.24, 2.45) is 0 Å². The standard InChI is InChI=1S/C8H7.2C6H5.Sb/c1-2-8-6-4-3-5-7-8;2*1-2-4-6-5-3-1;/h2,4-7H,1H2;2*1-5H;. The van der Waals surface area contributed by atoms with Crippen molar-refractivity contribution >= 4 is 36.8 Å². The van der Waals surface area contributed by atoms with Gasteiger partial charge in [-0.3, -0.25) is 0 Å². The molecule has 0 unspecified atom stereocenters. The van der Waals surface area contributed by atoms with Gasteiger partial charge in [-0.15, -0.1) is 0 Å². The second-order valence-electron chi connectivity index (χ2n) is 4.80. The monoisotopic (exact) mass is 378 g/mol. The Morgan fingerprint density at radius 1 is 0.571 bits per heavy atom. The summed E-state index contributed by atoms with van der Waals surface area (Å²) >= 11 is -1.90. The van der Waals surface area contributed by atoms with Gasteiger partial charge in [0.05, 0.1) is 0 Å². The summed E-state index contributed by atoms with van der Waals surface area (Å²) in [4.78, 5) is 0. The Bertz CT molecular complexity index is 660. The summed E-state index contributed by atoms with van der Waals surface area (Å²) in [6.45, 7) is 3.84. The number of benzene rings is 3. The van der Waals surface area contributed by atoms with Crippen molar-refractivity contribution in [2.75, 3.05) is 0 Å². The van der Waals surface area contributed by atoms with E-state index in [1.165, 1.54) is 16.1 Å². The van der Waals surface area contributed by atoms with E-state index in [1.54, 1.807) is 0 Å². The average Bonchev–Trinajstić information content (AvgIpc) is 2.58. The fourth-order valence-corrected chi connectivity index (χ4v) is 8.87. The molecule has 21 heavy (non-hydrogen) atoms. The summed E-state index contributed by atoms with van der Waals surface area (Å²) in [5.41, 5.74) is 1.18. The predicted octanol–water partition coefficient (Wildman–Crippen LogP) is 2.85. The van der Waals surface area contributed by atoms with Gasteiger partial charge in [-0.2, -0.15) is 0 Å². The molecule has 0 aliphatic heterocycles. The van der Waals surface area contributed by atoms with Gasteiger partial charge in [-0.05, 0) is 0 Å². The molecule has 0 heterocycles. The molecule has 0 spiro atoms. The first kappa shape index (κ1) is 14.2. The van der Waals surface area contributed by atoms with Crippen molar-refractivity contribution in [1.29, 1.82) is 0 Å². The van der Waals surface area contributed by atoms with Gasteiger partial charge in [0.25, 0.3) is 0 Å². The van der Waals surface area contributed by atoms with Gasteiger partial charge in [-0.25, -0.2) is 0 Å². The molecule has 3 rings (SSSR count). The fraction of sp³-hybridized carbons (Fsp3) is 0. The zero-order chi connectivity index (χ0) is 14.5. The van der Waals surface area contributed by atoms with Gasteiger partial charge in [0.2, 0.25) is 0 Å². The van der Waals surface area contributed by atoms with Crippen molar-refractivity contribution in [3.8, 4) is 0 Å². The van der Waals surface area contributed by atoms with Crippen LogP contribution in [-0.4, -0.2) is 20.2 Å². The molecule has 0 aromatic heterocycles. The van der Waals surface area contributed by atoms with Gasteiger partial charge < -0.3 is 0 Å².